The molecule has 0 bridgehead atoms. The maximum Gasteiger partial charge on any atom is 0.408 e. The molecule has 0 aliphatic heterocycles. The fraction of sp³-hybridized carbons (Fsp3) is 0.462. The third-order valence-electron chi connectivity index (χ3n) is 5.72. The number of carbonyl (C=O) groups is 2. The molecule has 2 unspecified atom stereocenters. The van der Waals surface area contributed by atoms with E-state index in [0.717, 1.165) is 36.7 Å². The number of carbonyl (C=O) groups excluding carboxylic acids is 2. The fourth-order valence-corrected chi connectivity index (χ4v) is 3.85. The highest BCUT2D eigenvalue weighted by molar-refractivity contribution is 5.81. The molecule has 1 aliphatic rings. The molecular weight excluding hydrogens is 404 g/mol. The molecule has 0 fully saturated rings. The van der Waals surface area contributed by atoms with Crippen molar-refractivity contribution in [3.63, 3.8) is 0 Å². The Labute approximate surface area is 190 Å². The molecule has 1 aliphatic carbocycles. The van der Waals surface area contributed by atoms with Crippen molar-refractivity contribution in [2.75, 3.05) is 6.54 Å². The number of amides is 2. The second-order valence-corrected chi connectivity index (χ2v) is 9.01. The highest BCUT2D eigenvalue weighted by Gasteiger charge is 2.23. The number of hydrogen-bond acceptors (Lipinski definition) is 4. The minimum Gasteiger partial charge on any atom is -0.459 e. The summed E-state index contributed by atoms with van der Waals surface area (Å²) in [5.74, 6) is 0.932. The average Bonchev–Trinajstić information content (AvgIpc) is 3.17. The molecule has 2 N–H and O–H groups in total. The zero-order chi connectivity index (χ0) is 23.0. The quantitative estimate of drug-likeness (QED) is 0.481. The monoisotopic (exact) mass is 438 g/mol. The molecular formula is C26H34N2O4. The van der Waals surface area contributed by atoms with Crippen molar-refractivity contribution in [2.45, 2.75) is 58.6 Å². The maximum atomic E-state index is 12.3. The molecule has 1 heterocycles. The summed E-state index contributed by atoms with van der Waals surface area (Å²) in [5, 5.41) is 6.80. The standard InChI is InChI=1S/C26H34N2O4/c1-19-11-5-7-13-22(19)24(29)27-16-10-4-9-15-26(2,3)32-25(30)28-18-21-17-20-12-6-8-14-23(20)31-21/h5-8,11-14,17,19,22H,4,9-10,15-16,18H2,1-3H3,(H,27,29)(H,28,30). The first-order valence-corrected chi connectivity index (χ1v) is 11.4. The van der Waals surface area contributed by atoms with Gasteiger partial charge in [-0.05, 0) is 51.2 Å². The smallest absolute Gasteiger partial charge is 0.408 e. The third kappa shape index (κ3) is 7.01. The SMILES string of the molecule is CC1C=CC=CC1C(=O)NCCCCCC(C)(C)OC(=O)NCc1cc2ccccc2o1. The molecule has 0 saturated heterocycles. The van der Waals surface area contributed by atoms with Crippen LogP contribution in [0.4, 0.5) is 4.79 Å². The van der Waals surface area contributed by atoms with Crippen LogP contribution in [0.15, 0.2) is 59.1 Å². The first kappa shape index (κ1) is 23.6. The molecule has 2 amide bonds. The van der Waals surface area contributed by atoms with E-state index in [1.165, 1.54) is 0 Å². The lowest BCUT2D eigenvalue weighted by Crippen LogP contribution is -2.34. The molecule has 172 valence electrons. The zero-order valence-corrected chi connectivity index (χ0v) is 19.2. The molecule has 0 saturated carbocycles. The van der Waals surface area contributed by atoms with Gasteiger partial charge in [0.2, 0.25) is 5.91 Å². The van der Waals surface area contributed by atoms with Crippen LogP contribution in [0.25, 0.3) is 11.0 Å². The normalized spacial score (nSPS) is 18.0. The second kappa shape index (κ2) is 11.0. The van der Waals surface area contributed by atoms with Crippen molar-refractivity contribution in [1.29, 1.82) is 0 Å². The topological polar surface area (TPSA) is 80.6 Å². The summed E-state index contributed by atoms with van der Waals surface area (Å²) < 4.78 is 11.3. The van der Waals surface area contributed by atoms with E-state index in [4.69, 9.17) is 9.15 Å². The van der Waals surface area contributed by atoms with Crippen LogP contribution in [0.3, 0.4) is 0 Å². The summed E-state index contributed by atoms with van der Waals surface area (Å²) in [5.41, 5.74) is 0.242. The van der Waals surface area contributed by atoms with Crippen LogP contribution in [-0.2, 0) is 16.1 Å². The Morgan fingerprint density at radius 3 is 2.62 bits per heavy atom. The molecule has 3 rings (SSSR count). The lowest BCUT2D eigenvalue weighted by atomic mass is 9.89. The first-order chi connectivity index (χ1) is 15.3. The average molecular weight is 439 g/mol. The predicted molar refractivity (Wildman–Crippen MR) is 126 cm³/mol. The number of benzene rings is 1. The number of ether oxygens (including phenoxy) is 1. The van der Waals surface area contributed by atoms with E-state index in [1.54, 1.807) is 0 Å². The number of allylic oxidation sites excluding steroid dienone is 3. The number of hydrogen-bond donors (Lipinski definition) is 2. The van der Waals surface area contributed by atoms with Crippen molar-refractivity contribution in [3.05, 3.63) is 60.4 Å². The summed E-state index contributed by atoms with van der Waals surface area (Å²) in [6, 6.07) is 9.66. The number of unbranched alkanes of at least 4 members (excludes halogenated alkanes) is 2. The minimum atomic E-state index is -0.560. The van der Waals surface area contributed by atoms with Crippen molar-refractivity contribution in [1.82, 2.24) is 10.6 Å². The number of furan rings is 1. The number of alkyl carbamates (subject to hydrolysis) is 1. The molecule has 6 heteroatoms. The van der Waals surface area contributed by atoms with E-state index >= 15 is 0 Å². The van der Waals surface area contributed by atoms with Crippen LogP contribution < -0.4 is 10.6 Å². The van der Waals surface area contributed by atoms with Gasteiger partial charge in [0, 0.05) is 11.9 Å². The van der Waals surface area contributed by atoms with E-state index in [0.29, 0.717) is 12.3 Å². The van der Waals surface area contributed by atoms with Crippen LogP contribution >= 0.6 is 0 Å². The third-order valence-corrected chi connectivity index (χ3v) is 5.72. The van der Waals surface area contributed by atoms with Crippen molar-refractivity contribution < 1.29 is 18.7 Å². The van der Waals surface area contributed by atoms with Gasteiger partial charge < -0.3 is 19.8 Å². The van der Waals surface area contributed by atoms with Crippen LogP contribution in [-0.4, -0.2) is 24.1 Å². The van der Waals surface area contributed by atoms with Crippen molar-refractivity contribution >= 4 is 23.0 Å². The number of rotatable bonds is 10. The van der Waals surface area contributed by atoms with E-state index in [9.17, 15) is 9.59 Å². The van der Waals surface area contributed by atoms with Gasteiger partial charge in [0.25, 0.3) is 0 Å². The summed E-state index contributed by atoms with van der Waals surface area (Å²) in [4.78, 5) is 24.5. The Hall–Kier alpha value is -3.02. The van der Waals surface area contributed by atoms with E-state index in [2.05, 4.69) is 23.6 Å². The maximum absolute atomic E-state index is 12.3. The molecule has 0 radical (unpaired) electrons. The van der Waals surface area contributed by atoms with Gasteiger partial charge in [-0.1, -0.05) is 55.8 Å². The van der Waals surface area contributed by atoms with Gasteiger partial charge >= 0.3 is 6.09 Å². The van der Waals surface area contributed by atoms with Gasteiger partial charge in [0.15, 0.2) is 0 Å². The van der Waals surface area contributed by atoms with Crippen LogP contribution in [0.2, 0.25) is 0 Å². The molecule has 6 nitrogen and oxygen atoms in total. The Morgan fingerprint density at radius 2 is 1.84 bits per heavy atom. The highest BCUT2D eigenvalue weighted by atomic mass is 16.6. The fourth-order valence-electron chi connectivity index (χ4n) is 3.85. The lowest BCUT2D eigenvalue weighted by molar-refractivity contribution is -0.124. The van der Waals surface area contributed by atoms with Gasteiger partial charge in [-0.2, -0.15) is 0 Å². The van der Waals surface area contributed by atoms with E-state index in [1.807, 2.05) is 62.4 Å². The molecule has 2 atom stereocenters. The van der Waals surface area contributed by atoms with Gasteiger partial charge in [-0.25, -0.2) is 4.79 Å². The van der Waals surface area contributed by atoms with Crippen molar-refractivity contribution in [2.24, 2.45) is 11.8 Å². The Morgan fingerprint density at radius 1 is 1.06 bits per heavy atom. The lowest BCUT2D eigenvalue weighted by Gasteiger charge is -2.25. The largest absolute Gasteiger partial charge is 0.459 e. The van der Waals surface area contributed by atoms with E-state index in [-0.39, 0.29) is 24.3 Å². The van der Waals surface area contributed by atoms with Gasteiger partial charge in [0.1, 0.15) is 16.9 Å². The van der Waals surface area contributed by atoms with Gasteiger partial charge in [-0.15, -0.1) is 0 Å². The highest BCUT2D eigenvalue weighted by Crippen LogP contribution is 2.21. The Balaban J connectivity index is 1.29. The summed E-state index contributed by atoms with van der Waals surface area (Å²) >= 11 is 0. The van der Waals surface area contributed by atoms with Gasteiger partial charge in [-0.3, -0.25) is 4.79 Å². The number of para-hydroxylation sites is 1. The van der Waals surface area contributed by atoms with E-state index < -0.39 is 11.7 Å². The molecule has 2 aromatic rings. The summed E-state index contributed by atoms with van der Waals surface area (Å²) in [7, 11) is 0. The number of nitrogens with one attached hydrogen (secondary N) is 2. The zero-order valence-electron chi connectivity index (χ0n) is 19.2. The van der Waals surface area contributed by atoms with Crippen LogP contribution in [0.1, 0.15) is 52.2 Å². The summed E-state index contributed by atoms with van der Waals surface area (Å²) in [6.45, 7) is 6.84. The van der Waals surface area contributed by atoms with Crippen LogP contribution in [0, 0.1) is 11.8 Å². The van der Waals surface area contributed by atoms with Gasteiger partial charge in [0.05, 0.1) is 12.5 Å². The van der Waals surface area contributed by atoms with Crippen LogP contribution in [0.5, 0.6) is 0 Å². The Bertz CT molecular complexity index is 940. The first-order valence-electron chi connectivity index (χ1n) is 11.4. The Kier molecular flexibility index (Phi) is 8.14. The molecule has 1 aromatic carbocycles. The predicted octanol–water partition coefficient (Wildman–Crippen LogP) is 5.49. The van der Waals surface area contributed by atoms with Crippen molar-refractivity contribution in [3.8, 4) is 0 Å². The summed E-state index contributed by atoms with van der Waals surface area (Å²) in [6.07, 6.45) is 11.0. The number of fused-ring (bicyclic) bond motifs is 1. The second-order valence-electron chi connectivity index (χ2n) is 9.01. The molecule has 0 spiro atoms. The molecule has 32 heavy (non-hydrogen) atoms. The molecule has 1 aromatic heterocycles. The minimum absolute atomic E-state index is 0.0783.